The summed E-state index contributed by atoms with van der Waals surface area (Å²) in [5.41, 5.74) is 2.26. The van der Waals surface area contributed by atoms with Gasteiger partial charge in [0.25, 0.3) is 0 Å². The van der Waals surface area contributed by atoms with Gasteiger partial charge in [-0.25, -0.2) is 0 Å². The molecule has 1 aromatic heterocycles. The Hall–Kier alpha value is -0.540. The van der Waals surface area contributed by atoms with Crippen LogP contribution in [-0.2, 0) is 19.9 Å². The molecule has 1 aromatic rings. The van der Waals surface area contributed by atoms with Gasteiger partial charge in [0.05, 0.1) is 16.4 Å². The Balaban J connectivity index is 2.08. The maximum Gasteiger partial charge on any atom is 0.0849 e. The molecule has 4 heteroatoms. The third-order valence-corrected chi connectivity index (χ3v) is 4.96. The Morgan fingerprint density at radius 3 is 2.70 bits per heavy atom. The molecule has 0 spiro atoms. The Labute approximate surface area is 128 Å². The minimum Gasteiger partial charge on any atom is -0.314 e. The minimum atomic E-state index is 0.653. The Bertz CT molecular complexity index is 428. The summed E-state index contributed by atoms with van der Waals surface area (Å²) in [5, 5.41) is 9.17. The van der Waals surface area contributed by atoms with Crippen LogP contribution in [0.2, 0.25) is 5.02 Å². The zero-order chi connectivity index (χ0) is 14.5. The molecule has 0 aromatic carbocycles. The van der Waals surface area contributed by atoms with E-state index < -0.39 is 0 Å². The molecular formula is C16H28ClN3. The average Bonchev–Trinajstić information content (AvgIpc) is 2.73. The highest BCUT2D eigenvalue weighted by Crippen LogP contribution is 2.31. The maximum atomic E-state index is 6.50. The van der Waals surface area contributed by atoms with E-state index >= 15 is 0 Å². The molecule has 1 heterocycles. The van der Waals surface area contributed by atoms with Gasteiger partial charge in [-0.1, -0.05) is 38.3 Å². The lowest BCUT2D eigenvalue weighted by Gasteiger charge is -2.32. The molecule has 3 nitrogen and oxygen atoms in total. The van der Waals surface area contributed by atoms with Crippen molar-refractivity contribution in [2.24, 2.45) is 13.0 Å². The molecule has 20 heavy (non-hydrogen) atoms. The zero-order valence-electron chi connectivity index (χ0n) is 13.1. The second-order valence-corrected chi connectivity index (χ2v) is 6.37. The van der Waals surface area contributed by atoms with Gasteiger partial charge in [-0.15, -0.1) is 0 Å². The first-order valence-corrected chi connectivity index (χ1v) is 8.48. The van der Waals surface area contributed by atoms with E-state index in [2.05, 4.69) is 24.3 Å². The largest absolute Gasteiger partial charge is 0.314 e. The summed E-state index contributed by atoms with van der Waals surface area (Å²) in [6.07, 6.45) is 8.50. The predicted octanol–water partition coefficient (Wildman–Crippen LogP) is 3.74. The van der Waals surface area contributed by atoms with Crippen LogP contribution in [0.25, 0.3) is 0 Å². The third-order valence-electron chi connectivity index (χ3n) is 4.52. The highest BCUT2D eigenvalue weighted by molar-refractivity contribution is 6.31. The molecule has 1 saturated carbocycles. The molecule has 114 valence electrons. The van der Waals surface area contributed by atoms with Crippen LogP contribution in [0.4, 0.5) is 0 Å². The number of nitrogens with one attached hydrogen (secondary N) is 1. The summed E-state index contributed by atoms with van der Waals surface area (Å²) in [7, 11) is 2.03. The fourth-order valence-corrected chi connectivity index (χ4v) is 3.71. The quantitative estimate of drug-likeness (QED) is 0.867. The molecule has 0 bridgehead atoms. The Morgan fingerprint density at radius 1 is 1.30 bits per heavy atom. The number of aromatic nitrogens is 2. The fraction of sp³-hybridized carbons (Fsp3) is 0.812. The number of aryl methyl sites for hydroxylation is 2. The van der Waals surface area contributed by atoms with E-state index in [1.54, 1.807) is 0 Å². The number of nitrogens with zero attached hydrogens (tertiary/aromatic N) is 2. The predicted molar refractivity (Wildman–Crippen MR) is 85.3 cm³/mol. The van der Waals surface area contributed by atoms with E-state index in [-0.39, 0.29) is 0 Å². The molecule has 1 N–H and O–H groups in total. The van der Waals surface area contributed by atoms with Crippen LogP contribution in [0.1, 0.15) is 57.3 Å². The minimum absolute atomic E-state index is 0.653. The molecule has 1 fully saturated rings. The van der Waals surface area contributed by atoms with E-state index in [9.17, 15) is 0 Å². The van der Waals surface area contributed by atoms with Crippen molar-refractivity contribution < 1.29 is 0 Å². The standard InChI is InChI=1S/C16H28ClN3/c1-4-10-18-14-9-7-6-8-12(14)11-15-16(17)13(5-2)19-20(15)3/h12,14,18H,4-11H2,1-3H3. The monoisotopic (exact) mass is 297 g/mol. The molecule has 2 atom stereocenters. The molecule has 1 aliphatic carbocycles. The van der Waals surface area contributed by atoms with E-state index in [0.29, 0.717) is 12.0 Å². The van der Waals surface area contributed by atoms with Crippen molar-refractivity contribution in [3.8, 4) is 0 Å². The highest BCUT2D eigenvalue weighted by atomic mass is 35.5. The lowest BCUT2D eigenvalue weighted by molar-refractivity contribution is 0.258. The first-order valence-electron chi connectivity index (χ1n) is 8.11. The van der Waals surface area contributed by atoms with E-state index in [1.807, 2.05) is 11.7 Å². The van der Waals surface area contributed by atoms with Crippen LogP contribution in [0.5, 0.6) is 0 Å². The van der Waals surface area contributed by atoms with Crippen molar-refractivity contribution in [1.29, 1.82) is 0 Å². The van der Waals surface area contributed by atoms with Crippen molar-refractivity contribution in [2.45, 2.75) is 64.8 Å². The van der Waals surface area contributed by atoms with Crippen molar-refractivity contribution in [1.82, 2.24) is 15.1 Å². The SMILES string of the molecule is CCCNC1CCCCC1Cc1c(Cl)c(CC)nn1C. The molecule has 0 radical (unpaired) electrons. The van der Waals surface area contributed by atoms with Gasteiger partial charge < -0.3 is 5.32 Å². The van der Waals surface area contributed by atoms with Crippen LogP contribution in [0.15, 0.2) is 0 Å². The summed E-state index contributed by atoms with van der Waals surface area (Å²) in [5.74, 6) is 0.702. The van der Waals surface area contributed by atoms with Crippen molar-refractivity contribution in [2.75, 3.05) is 6.54 Å². The average molecular weight is 298 g/mol. The van der Waals surface area contributed by atoms with Gasteiger partial charge in [0.2, 0.25) is 0 Å². The maximum absolute atomic E-state index is 6.50. The van der Waals surface area contributed by atoms with Crippen LogP contribution in [-0.4, -0.2) is 22.4 Å². The lowest BCUT2D eigenvalue weighted by Crippen LogP contribution is -2.40. The van der Waals surface area contributed by atoms with Crippen molar-refractivity contribution in [3.05, 3.63) is 16.4 Å². The molecule has 0 saturated heterocycles. The molecule has 0 amide bonds. The van der Waals surface area contributed by atoms with E-state index in [1.165, 1.54) is 37.8 Å². The number of rotatable bonds is 6. The third kappa shape index (κ3) is 3.56. The van der Waals surface area contributed by atoms with Gasteiger partial charge in [-0.05, 0) is 44.6 Å². The zero-order valence-corrected chi connectivity index (χ0v) is 13.8. The second-order valence-electron chi connectivity index (χ2n) is 5.99. The number of hydrogen-bond donors (Lipinski definition) is 1. The second kappa shape index (κ2) is 7.46. The summed E-state index contributed by atoms with van der Waals surface area (Å²) < 4.78 is 1.99. The molecule has 0 aliphatic heterocycles. The van der Waals surface area contributed by atoms with Crippen molar-refractivity contribution in [3.63, 3.8) is 0 Å². The molecular weight excluding hydrogens is 270 g/mol. The lowest BCUT2D eigenvalue weighted by atomic mass is 9.81. The van der Waals surface area contributed by atoms with Gasteiger partial charge in [0, 0.05) is 13.1 Å². The van der Waals surface area contributed by atoms with E-state index in [0.717, 1.165) is 30.1 Å². The normalized spacial score (nSPS) is 23.2. The first kappa shape index (κ1) is 15.8. The van der Waals surface area contributed by atoms with Gasteiger partial charge in [-0.2, -0.15) is 5.10 Å². The van der Waals surface area contributed by atoms with Crippen LogP contribution < -0.4 is 5.32 Å². The topological polar surface area (TPSA) is 29.9 Å². The van der Waals surface area contributed by atoms with Crippen molar-refractivity contribution >= 4 is 11.6 Å². The van der Waals surface area contributed by atoms with Gasteiger partial charge in [0.15, 0.2) is 0 Å². The van der Waals surface area contributed by atoms with Crippen LogP contribution >= 0.6 is 11.6 Å². The molecule has 1 aliphatic rings. The Morgan fingerprint density at radius 2 is 2.05 bits per heavy atom. The highest BCUT2D eigenvalue weighted by Gasteiger charge is 2.27. The number of halogens is 1. The van der Waals surface area contributed by atoms with Gasteiger partial charge >= 0.3 is 0 Å². The smallest absolute Gasteiger partial charge is 0.0849 e. The first-order chi connectivity index (χ1) is 9.67. The van der Waals surface area contributed by atoms with Gasteiger partial charge in [0.1, 0.15) is 0 Å². The van der Waals surface area contributed by atoms with Gasteiger partial charge in [-0.3, -0.25) is 4.68 Å². The Kier molecular flexibility index (Phi) is 5.91. The fourth-order valence-electron chi connectivity index (χ4n) is 3.34. The molecule has 2 unspecified atom stereocenters. The number of hydrogen-bond acceptors (Lipinski definition) is 2. The molecule has 2 rings (SSSR count). The summed E-state index contributed by atoms with van der Waals surface area (Å²) in [6.45, 7) is 5.47. The van der Waals surface area contributed by atoms with Crippen LogP contribution in [0.3, 0.4) is 0 Å². The van der Waals surface area contributed by atoms with Crippen LogP contribution in [0, 0.1) is 5.92 Å². The summed E-state index contributed by atoms with van der Waals surface area (Å²) >= 11 is 6.50. The van der Waals surface area contributed by atoms with E-state index in [4.69, 9.17) is 11.6 Å². The summed E-state index contributed by atoms with van der Waals surface area (Å²) in [6, 6.07) is 0.653. The summed E-state index contributed by atoms with van der Waals surface area (Å²) in [4.78, 5) is 0.